The maximum atomic E-state index is 6.17. The van der Waals surface area contributed by atoms with Crippen LogP contribution in [-0.2, 0) is 4.74 Å². The van der Waals surface area contributed by atoms with Gasteiger partial charge in [0, 0.05) is 43.1 Å². The molecule has 2 N–H and O–H groups in total. The minimum atomic E-state index is 0.389. The summed E-state index contributed by atoms with van der Waals surface area (Å²) >= 11 is 3.53. The first kappa shape index (κ1) is 20.1. The highest BCUT2D eigenvalue weighted by atomic mass is 79.9. The Labute approximate surface area is 182 Å². The zero-order valence-corrected chi connectivity index (χ0v) is 18.2. The molecule has 8 nitrogen and oxygen atoms in total. The number of anilines is 2. The predicted octanol–water partition coefficient (Wildman–Crippen LogP) is 3.58. The Balaban J connectivity index is 1.81. The topological polar surface area (TPSA) is 103 Å². The van der Waals surface area contributed by atoms with E-state index >= 15 is 0 Å². The number of rotatable bonds is 6. The molecule has 0 amide bonds. The lowest BCUT2D eigenvalue weighted by Crippen LogP contribution is -2.23. The van der Waals surface area contributed by atoms with Crippen LogP contribution in [0.1, 0.15) is 0 Å². The van der Waals surface area contributed by atoms with Crippen molar-refractivity contribution in [3.8, 4) is 22.4 Å². The Kier molecular flexibility index (Phi) is 5.82. The first-order chi connectivity index (χ1) is 14.6. The standard InChI is InChI=1S/C21H20BrN7O/c1-29(6-7-30-2)21-24-10-14(11-25-21)17-9-16(13-4-3-5-15(22)8-13)18-19(23)26-12-27-20(18)28-17/h3-5,8-12H,6-7H2,1-2H3,(H2,23,26,27,28). The van der Waals surface area contributed by atoms with Gasteiger partial charge in [0.2, 0.25) is 5.95 Å². The van der Waals surface area contributed by atoms with Gasteiger partial charge in [-0.05, 0) is 29.3 Å². The van der Waals surface area contributed by atoms with Gasteiger partial charge in [-0.15, -0.1) is 0 Å². The summed E-state index contributed by atoms with van der Waals surface area (Å²) < 4.78 is 6.07. The van der Waals surface area contributed by atoms with Gasteiger partial charge in [0.05, 0.1) is 17.7 Å². The SMILES string of the molecule is COCCN(C)c1ncc(-c2cc(-c3cccc(Br)c3)c3c(N)ncnc3n2)cn1. The largest absolute Gasteiger partial charge is 0.383 e. The minimum absolute atomic E-state index is 0.389. The van der Waals surface area contributed by atoms with Gasteiger partial charge in [0.1, 0.15) is 12.1 Å². The molecule has 3 heterocycles. The predicted molar refractivity (Wildman–Crippen MR) is 121 cm³/mol. The van der Waals surface area contributed by atoms with Crippen LogP contribution >= 0.6 is 15.9 Å². The van der Waals surface area contributed by atoms with E-state index in [1.807, 2.05) is 42.3 Å². The van der Waals surface area contributed by atoms with E-state index in [1.54, 1.807) is 19.5 Å². The van der Waals surface area contributed by atoms with Crippen molar-refractivity contribution in [2.45, 2.75) is 0 Å². The molecule has 0 fully saturated rings. The number of fused-ring (bicyclic) bond motifs is 1. The van der Waals surface area contributed by atoms with Gasteiger partial charge in [-0.1, -0.05) is 28.1 Å². The number of hydrogen-bond donors (Lipinski definition) is 1. The van der Waals surface area contributed by atoms with E-state index in [0.717, 1.165) is 26.5 Å². The molecule has 1 aromatic carbocycles. The molecule has 0 atom stereocenters. The Bertz CT molecular complexity index is 1180. The van der Waals surface area contributed by atoms with E-state index in [4.69, 9.17) is 10.5 Å². The first-order valence-corrected chi connectivity index (χ1v) is 10.1. The third kappa shape index (κ3) is 4.07. The van der Waals surface area contributed by atoms with Gasteiger partial charge in [-0.3, -0.25) is 0 Å². The second kappa shape index (κ2) is 8.68. The molecule has 0 aliphatic rings. The third-order valence-corrected chi connectivity index (χ3v) is 5.17. The number of pyridine rings is 1. The summed E-state index contributed by atoms with van der Waals surface area (Å²) in [5, 5.41) is 0.719. The average Bonchev–Trinajstić information content (AvgIpc) is 2.77. The molecule has 3 aromatic heterocycles. The summed E-state index contributed by atoms with van der Waals surface area (Å²) in [6, 6.07) is 9.95. The van der Waals surface area contributed by atoms with Crippen LogP contribution in [0.15, 0.2) is 53.5 Å². The van der Waals surface area contributed by atoms with Gasteiger partial charge < -0.3 is 15.4 Å². The monoisotopic (exact) mass is 465 g/mol. The molecule has 0 aliphatic heterocycles. The number of methoxy groups -OCH3 is 1. The van der Waals surface area contributed by atoms with Crippen LogP contribution < -0.4 is 10.6 Å². The molecule has 4 rings (SSSR count). The van der Waals surface area contributed by atoms with E-state index < -0.39 is 0 Å². The minimum Gasteiger partial charge on any atom is -0.383 e. The van der Waals surface area contributed by atoms with Crippen molar-refractivity contribution in [2.24, 2.45) is 0 Å². The van der Waals surface area contributed by atoms with Crippen LogP contribution in [-0.4, -0.2) is 52.2 Å². The quantitative estimate of drug-likeness (QED) is 0.460. The summed E-state index contributed by atoms with van der Waals surface area (Å²) in [6.45, 7) is 1.30. The van der Waals surface area contributed by atoms with E-state index in [-0.39, 0.29) is 0 Å². The Hall–Kier alpha value is -3.17. The fourth-order valence-electron chi connectivity index (χ4n) is 3.10. The number of halogens is 1. The first-order valence-electron chi connectivity index (χ1n) is 9.26. The highest BCUT2D eigenvalue weighted by molar-refractivity contribution is 9.10. The molecular formula is C21H20BrN7O. The molecule has 0 spiro atoms. The van der Waals surface area contributed by atoms with Crippen LogP contribution in [0, 0.1) is 0 Å². The Morgan fingerprint density at radius 3 is 2.60 bits per heavy atom. The van der Waals surface area contributed by atoms with Crippen molar-refractivity contribution >= 4 is 38.7 Å². The van der Waals surface area contributed by atoms with Crippen molar-refractivity contribution in [3.63, 3.8) is 0 Å². The van der Waals surface area contributed by atoms with Crippen LogP contribution in [0.5, 0.6) is 0 Å². The van der Waals surface area contributed by atoms with E-state index in [1.165, 1.54) is 6.33 Å². The lowest BCUT2D eigenvalue weighted by Gasteiger charge is -2.16. The summed E-state index contributed by atoms with van der Waals surface area (Å²) in [4.78, 5) is 24.1. The summed E-state index contributed by atoms with van der Waals surface area (Å²) in [5.74, 6) is 1.01. The fraction of sp³-hybridized carbons (Fsp3) is 0.190. The van der Waals surface area contributed by atoms with Gasteiger partial charge in [-0.2, -0.15) is 0 Å². The number of nitrogens with two attached hydrogens (primary N) is 1. The van der Waals surface area contributed by atoms with E-state index in [9.17, 15) is 0 Å². The van der Waals surface area contributed by atoms with Crippen molar-refractivity contribution < 1.29 is 4.74 Å². The lowest BCUT2D eigenvalue weighted by molar-refractivity contribution is 0.206. The average molecular weight is 466 g/mol. The highest BCUT2D eigenvalue weighted by Crippen LogP contribution is 2.34. The van der Waals surface area contributed by atoms with Crippen molar-refractivity contribution in [2.75, 3.05) is 37.9 Å². The number of likely N-dealkylation sites (N-methyl/N-ethyl adjacent to an activating group) is 1. The van der Waals surface area contributed by atoms with Crippen LogP contribution in [0.2, 0.25) is 0 Å². The molecule has 0 radical (unpaired) electrons. The smallest absolute Gasteiger partial charge is 0.225 e. The molecule has 4 aromatic rings. The molecule has 0 saturated carbocycles. The third-order valence-electron chi connectivity index (χ3n) is 4.68. The van der Waals surface area contributed by atoms with Crippen LogP contribution in [0.25, 0.3) is 33.4 Å². The summed E-state index contributed by atoms with van der Waals surface area (Å²) in [6.07, 6.45) is 4.94. The maximum Gasteiger partial charge on any atom is 0.225 e. The van der Waals surface area contributed by atoms with Gasteiger partial charge in [0.25, 0.3) is 0 Å². The molecule has 0 aliphatic carbocycles. The molecule has 30 heavy (non-hydrogen) atoms. The molecule has 0 bridgehead atoms. The number of nitrogen functional groups attached to an aromatic ring is 1. The van der Waals surface area contributed by atoms with E-state index in [0.29, 0.717) is 36.3 Å². The van der Waals surface area contributed by atoms with Crippen LogP contribution in [0.3, 0.4) is 0 Å². The van der Waals surface area contributed by atoms with Gasteiger partial charge in [0.15, 0.2) is 5.65 Å². The maximum absolute atomic E-state index is 6.17. The summed E-state index contributed by atoms with van der Waals surface area (Å²) in [5.41, 5.74) is 10.1. The molecular weight excluding hydrogens is 446 g/mol. The zero-order valence-electron chi connectivity index (χ0n) is 16.6. The Morgan fingerprint density at radius 1 is 1.07 bits per heavy atom. The van der Waals surface area contributed by atoms with E-state index in [2.05, 4.69) is 40.8 Å². The fourth-order valence-corrected chi connectivity index (χ4v) is 3.50. The van der Waals surface area contributed by atoms with Gasteiger partial charge >= 0.3 is 0 Å². The zero-order chi connectivity index (χ0) is 21.1. The molecule has 9 heteroatoms. The normalized spacial score (nSPS) is 11.0. The van der Waals surface area contributed by atoms with Crippen molar-refractivity contribution in [1.82, 2.24) is 24.9 Å². The number of nitrogens with zero attached hydrogens (tertiary/aromatic N) is 6. The second-order valence-corrected chi connectivity index (χ2v) is 7.62. The Morgan fingerprint density at radius 2 is 1.87 bits per heavy atom. The van der Waals surface area contributed by atoms with Crippen molar-refractivity contribution in [1.29, 1.82) is 0 Å². The number of aromatic nitrogens is 5. The molecule has 0 unspecified atom stereocenters. The second-order valence-electron chi connectivity index (χ2n) is 6.71. The molecule has 0 saturated heterocycles. The van der Waals surface area contributed by atoms with Gasteiger partial charge in [-0.25, -0.2) is 24.9 Å². The number of ether oxygens (including phenoxy) is 1. The highest BCUT2D eigenvalue weighted by Gasteiger charge is 2.15. The van der Waals surface area contributed by atoms with Crippen LogP contribution in [0.4, 0.5) is 11.8 Å². The molecule has 152 valence electrons. The number of benzene rings is 1. The van der Waals surface area contributed by atoms with Crippen molar-refractivity contribution in [3.05, 3.63) is 53.5 Å². The lowest BCUT2D eigenvalue weighted by atomic mass is 10.0. The summed E-state index contributed by atoms with van der Waals surface area (Å²) in [7, 11) is 3.59. The number of hydrogen-bond acceptors (Lipinski definition) is 8.